The van der Waals surface area contributed by atoms with Crippen LogP contribution in [0.5, 0.6) is 11.5 Å². The van der Waals surface area contributed by atoms with Crippen LogP contribution in [0.3, 0.4) is 0 Å². The van der Waals surface area contributed by atoms with Crippen molar-refractivity contribution in [1.82, 2.24) is 19.7 Å². The Kier molecular flexibility index (Phi) is 6.04. The van der Waals surface area contributed by atoms with E-state index < -0.39 is 63.8 Å². The molecule has 0 aliphatic heterocycles. The first-order valence-corrected chi connectivity index (χ1v) is 9.14. The van der Waals surface area contributed by atoms with Gasteiger partial charge in [-0.15, -0.1) is 0 Å². The molecule has 0 saturated heterocycles. The van der Waals surface area contributed by atoms with Gasteiger partial charge in [0, 0.05) is 19.4 Å². The summed E-state index contributed by atoms with van der Waals surface area (Å²) in [7, 11) is 0. The number of rotatable bonds is 6. The van der Waals surface area contributed by atoms with E-state index in [0.29, 0.717) is 24.7 Å². The zero-order valence-electron chi connectivity index (χ0n) is 17.0. The second-order valence-electron chi connectivity index (χ2n) is 7.07. The quantitative estimate of drug-likeness (QED) is 0.556. The van der Waals surface area contributed by atoms with Crippen LogP contribution in [0.1, 0.15) is 36.4 Å². The minimum Gasteiger partial charge on any atom is -0.446 e. The predicted octanol–water partition coefficient (Wildman–Crippen LogP) is 3.40. The largest absolute Gasteiger partial charge is 0.446 e. The summed E-state index contributed by atoms with van der Waals surface area (Å²) in [6.45, 7) is 0.315. The van der Waals surface area contributed by atoms with Crippen LogP contribution < -0.4 is 15.9 Å². The predicted molar refractivity (Wildman–Crippen MR) is 103 cm³/mol. The zero-order valence-corrected chi connectivity index (χ0v) is 17.0. The van der Waals surface area contributed by atoms with Gasteiger partial charge in [0.1, 0.15) is 11.8 Å². The van der Waals surface area contributed by atoms with Crippen molar-refractivity contribution in [2.75, 3.05) is 0 Å². The highest BCUT2D eigenvalue weighted by atomic mass is 19.3. The second-order valence-corrected chi connectivity index (χ2v) is 7.07. The van der Waals surface area contributed by atoms with E-state index in [-0.39, 0.29) is 5.56 Å². The van der Waals surface area contributed by atoms with Crippen LogP contribution in [0.4, 0.5) is 22.0 Å². The Morgan fingerprint density at radius 2 is 1.88 bits per heavy atom. The molecule has 3 rings (SSSR count). The van der Waals surface area contributed by atoms with E-state index in [1.165, 1.54) is 6.07 Å². The van der Waals surface area contributed by atoms with Gasteiger partial charge >= 0.3 is 0 Å². The maximum Gasteiger partial charge on any atom is 0.297 e. The standard InChI is InChI=1S/C20H14F5N5O3/c1-19(22,23)13-6-11(17(31)29-28-13)8-30-9-27-16(20(2,24)25)15(18(30)32)33-12-5-3-4-10(7-26)14(12)21/h3-6,9H,8H2,1-2H3,(H,29,31). The molecule has 0 fully saturated rings. The molecule has 0 aliphatic rings. The molecule has 13 heteroatoms. The van der Waals surface area contributed by atoms with E-state index >= 15 is 0 Å². The summed E-state index contributed by atoms with van der Waals surface area (Å²) in [6, 6.07) is 5.62. The maximum atomic E-state index is 14.4. The van der Waals surface area contributed by atoms with Crippen molar-refractivity contribution in [2.24, 2.45) is 0 Å². The summed E-state index contributed by atoms with van der Waals surface area (Å²) < 4.78 is 75.4. The molecule has 1 aromatic carbocycles. The zero-order chi connectivity index (χ0) is 24.6. The van der Waals surface area contributed by atoms with Gasteiger partial charge in [0.05, 0.1) is 18.4 Å². The molecule has 0 atom stereocenters. The molecule has 0 unspecified atom stereocenters. The Morgan fingerprint density at radius 1 is 1.18 bits per heavy atom. The fourth-order valence-electron chi connectivity index (χ4n) is 2.74. The highest BCUT2D eigenvalue weighted by molar-refractivity contribution is 5.42. The van der Waals surface area contributed by atoms with Crippen LogP contribution in [0.25, 0.3) is 0 Å². The minimum absolute atomic E-state index is 0.343. The average Bonchev–Trinajstić information content (AvgIpc) is 2.72. The summed E-state index contributed by atoms with van der Waals surface area (Å²) in [4.78, 5) is 28.4. The van der Waals surface area contributed by atoms with E-state index in [1.54, 1.807) is 6.07 Å². The van der Waals surface area contributed by atoms with E-state index in [9.17, 15) is 31.5 Å². The number of nitrogens with zero attached hydrogens (tertiary/aromatic N) is 4. The SMILES string of the molecule is CC(F)(F)c1cc(Cn2cnc(C(C)(F)F)c(Oc3cccc(C#N)c3F)c2=O)c(=O)[nH]n1. The van der Waals surface area contributed by atoms with Crippen LogP contribution in [0.15, 0.2) is 40.2 Å². The van der Waals surface area contributed by atoms with Crippen molar-refractivity contribution < 1.29 is 26.7 Å². The number of nitrogens with one attached hydrogen (secondary N) is 1. The molecule has 1 N–H and O–H groups in total. The molecule has 0 saturated carbocycles. The third-order valence-corrected chi connectivity index (χ3v) is 4.38. The molecule has 0 radical (unpaired) electrons. The summed E-state index contributed by atoms with van der Waals surface area (Å²) in [5.74, 6) is -10.0. The van der Waals surface area contributed by atoms with Crippen molar-refractivity contribution in [3.05, 3.63) is 79.6 Å². The number of benzene rings is 1. The molecule has 3 aromatic rings. The Morgan fingerprint density at radius 3 is 2.48 bits per heavy atom. The first-order valence-electron chi connectivity index (χ1n) is 9.14. The summed E-state index contributed by atoms with van der Waals surface area (Å²) in [6.07, 6.45) is 0.674. The van der Waals surface area contributed by atoms with Gasteiger partial charge in [0.25, 0.3) is 23.0 Å². The topological polar surface area (TPSA) is 114 Å². The van der Waals surface area contributed by atoms with Gasteiger partial charge in [-0.1, -0.05) is 6.07 Å². The number of nitriles is 1. The fourth-order valence-corrected chi connectivity index (χ4v) is 2.74. The van der Waals surface area contributed by atoms with E-state index in [0.717, 1.165) is 18.2 Å². The third kappa shape index (κ3) is 4.89. The van der Waals surface area contributed by atoms with E-state index in [4.69, 9.17) is 10.00 Å². The van der Waals surface area contributed by atoms with Gasteiger partial charge in [-0.05, 0) is 18.2 Å². The Labute approximate surface area is 181 Å². The van der Waals surface area contributed by atoms with Crippen LogP contribution >= 0.6 is 0 Å². The fraction of sp³-hybridized carbons (Fsp3) is 0.250. The molecule has 2 aromatic heterocycles. The number of halogens is 5. The minimum atomic E-state index is -3.69. The summed E-state index contributed by atoms with van der Waals surface area (Å²) in [5.41, 5.74) is -4.88. The number of ether oxygens (including phenoxy) is 1. The average molecular weight is 467 g/mol. The van der Waals surface area contributed by atoms with Crippen LogP contribution in [0, 0.1) is 17.1 Å². The van der Waals surface area contributed by atoms with Gasteiger partial charge in [-0.2, -0.15) is 27.9 Å². The summed E-state index contributed by atoms with van der Waals surface area (Å²) in [5, 5.41) is 14.0. The first-order chi connectivity index (χ1) is 15.3. The highest BCUT2D eigenvalue weighted by Gasteiger charge is 2.34. The lowest BCUT2D eigenvalue weighted by Crippen LogP contribution is -2.29. The molecule has 0 amide bonds. The maximum absolute atomic E-state index is 14.4. The van der Waals surface area contributed by atoms with Crippen LogP contribution in [-0.4, -0.2) is 19.7 Å². The number of alkyl halides is 4. The second kappa shape index (κ2) is 8.45. The number of hydrogen-bond donors (Lipinski definition) is 1. The lowest BCUT2D eigenvalue weighted by atomic mass is 10.2. The van der Waals surface area contributed by atoms with Crippen molar-refractivity contribution in [2.45, 2.75) is 32.2 Å². The molecule has 2 heterocycles. The van der Waals surface area contributed by atoms with Crippen LogP contribution in [0.2, 0.25) is 0 Å². The van der Waals surface area contributed by atoms with E-state index in [2.05, 4.69) is 10.1 Å². The number of aromatic amines is 1. The summed E-state index contributed by atoms with van der Waals surface area (Å²) >= 11 is 0. The number of H-pyrrole nitrogens is 1. The monoisotopic (exact) mass is 467 g/mol. The molecular formula is C20H14F5N5O3. The lowest BCUT2D eigenvalue weighted by molar-refractivity contribution is 0.00965. The van der Waals surface area contributed by atoms with Crippen molar-refractivity contribution in [3.63, 3.8) is 0 Å². The number of aromatic nitrogens is 4. The van der Waals surface area contributed by atoms with E-state index in [1.807, 2.05) is 5.10 Å². The number of hydrogen-bond acceptors (Lipinski definition) is 6. The van der Waals surface area contributed by atoms with Crippen LogP contribution in [-0.2, 0) is 18.4 Å². The Balaban J connectivity index is 2.13. The van der Waals surface area contributed by atoms with Gasteiger partial charge < -0.3 is 4.74 Å². The third-order valence-electron chi connectivity index (χ3n) is 4.38. The first kappa shape index (κ1) is 23.6. The van der Waals surface area contributed by atoms with Crippen molar-refractivity contribution in [3.8, 4) is 17.6 Å². The molecule has 8 nitrogen and oxygen atoms in total. The van der Waals surface area contributed by atoms with Crippen molar-refractivity contribution in [1.29, 1.82) is 5.26 Å². The van der Waals surface area contributed by atoms with Gasteiger partial charge in [0.2, 0.25) is 5.75 Å². The Hall–Kier alpha value is -4.08. The molecule has 33 heavy (non-hydrogen) atoms. The molecule has 172 valence electrons. The normalized spacial score (nSPS) is 11.8. The smallest absolute Gasteiger partial charge is 0.297 e. The van der Waals surface area contributed by atoms with Gasteiger partial charge in [0.15, 0.2) is 17.3 Å². The highest BCUT2D eigenvalue weighted by Crippen LogP contribution is 2.34. The van der Waals surface area contributed by atoms with Gasteiger partial charge in [-0.3, -0.25) is 14.2 Å². The van der Waals surface area contributed by atoms with Gasteiger partial charge in [-0.25, -0.2) is 14.5 Å². The molecule has 0 spiro atoms. The molecule has 0 aliphatic carbocycles. The molecule has 0 bridgehead atoms. The lowest BCUT2D eigenvalue weighted by Gasteiger charge is -2.17. The van der Waals surface area contributed by atoms with Crippen molar-refractivity contribution >= 4 is 0 Å². The Bertz CT molecular complexity index is 1370. The molecular weight excluding hydrogens is 453 g/mol.